The lowest BCUT2D eigenvalue weighted by atomic mass is 10.1. The summed E-state index contributed by atoms with van der Waals surface area (Å²) in [7, 11) is 3.02. The Morgan fingerprint density at radius 3 is 2.70 bits per heavy atom. The largest absolute Gasteiger partial charge is 0.332 e. The molecule has 1 amide bonds. The summed E-state index contributed by atoms with van der Waals surface area (Å²) in [5.41, 5.74) is 2.52. The van der Waals surface area contributed by atoms with Gasteiger partial charge in [0.05, 0.1) is 17.5 Å². The molecule has 9 nitrogen and oxygen atoms in total. The first-order chi connectivity index (χ1) is 14.4. The van der Waals surface area contributed by atoms with Crippen molar-refractivity contribution in [1.82, 2.24) is 23.7 Å². The molecule has 0 unspecified atom stereocenters. The number of benzene rings is 1. The molecular weight excluding hydrogens is 384 g/mol. The van der Waals surface area contributed by atoms with Gasteiger partial charge in [0.1, 0.15) is 0 Å². The van der Waals surface area contributed by atoms with Crippen molar-refractivity contribution in [2.45, 2.75) is 26.3 Å². The predicted octanol–water partition coefficient (Wildman–Crippen LogP) is 1.71. The van der Waals surface area contributed by atoms with Crippen LogP contribution >= 0.6 is 0 Å². The van der Waals surface area contributed by atoms with Gasteiger partial charge in [0.2, 0.25) is 5.91 Å². The highest BCUT2D eigenvalue weighted by atomic mass is 16.2. The fraction of sp³-hybridized carbons (Fsp3) is 0.286. The Bertz CT molecular complexity index is 1400. The second-order valence-electron chi connectivity index (χ2n) is 7.30. The number of rotatable bonds is 5. The molecule has 0 fully saturated rings. The van der Waals surface area contributed by atoms with E-state index in [1.807, 2.05) is 31.2 Å². The van der Waals surface area contributed by atoms with Crippen LogP contribution in [0.15, 0.2) is 46.4 Å². The number of aromatic nitrogens is 5. The monoisotopic (exact) mass is 406 g/mol. The summed E-state index contributed by atoms with van der Waals surface area (Å²) in [6.07, 6.45) is 4.06. The van der Waals surface area contributed by atoms with E-state index in [0.717, 1.165) is 26.7 Å². The fourth-order valence-corrected chi connectivity index (χ4v) is 3.61. The van der Waals surface area contributed by atoms with Gasteiger partial charge >= 0.3 is 5.69 Å². The van der Waals surface area contributed by atoms with Crippen LogP contribution in [0.4, 0.5) is 5.69 Å². The molecule has 0 aliphatic carbocycles. The Labute approximate surface area is 171 Å². The molecule has 0 atom stereocenters. The molecule has 154 valence electrons. The van der Waals surface area contributed by atoms with Crippen molar-refractivity contribution in [3.05, 3.63) is 63.2 Å². The molecule has 30 heavy (non-hydrogen) atoms. The van der Waals surface area contributed by atoms with Gasteiger partial charge in [-0.3, -0.25) is 23.7 Å². The van der Waals surface area contributed by atoms with Gasteiger partial charge in [-0.2, -0.15) is 0 Å². The summed E-state index contributed by atoms with van der Waals surface area (Å²) in [6.45, 7) is 2.42. The zero-order chi connectivity index (χ0) is 21.4. The fourth-order valence-electron chi connectivity index (χ4n) is 3.61. The molecule has 0 saturated carbocycles. The summed E-state index contributed by atoms with van der Waals surface area (Å²) in [5.74, 6) is -0.117. The van der Waals surface area contributed by atoms with E-state index >= 15 is 0 Å². The van der Waals surface area contributed by atoms with Crippen LogP contribution in [-0.2, 0) is 25.4 Å². The molecule has 4 rings (SSSR count). The maximum absolute atomic E-state index is 12.5. The number of carbonyl (C=O) groups is 1. The van der Waals surface area contributed by atoms with Gasteiger partial charge in [0, 0.05) is 38.6 Å². The zero-order valence-corrected chi connectivity index (χ0v) is 17.0. The van der Waals surface area contributed by atoms with Crippen molar-refractivity contribution in [2.24, 2.45) is 14.1 Å². The number of aryl methyl sites for hydroxylation is 3. The molecule has 1 aromatic carbocycles. The van der Waals surface area contributed by atoms with E-state index in [9.17, 15) is 14.4 Å². The number of pyridine rings is 1. The number of imidazole rings is 1. The van der Waals surface area contributed by atoms with E-state index in [4.69, 9.17) is 0 Å². The Morgan fingerprint density at radius 1 is 1.10 bits per heavy atom. The van der Waals surface area contributed by atoms with Crippen molar-refractivity contribution in [3.63, 3.8) is 0 Å². The van der Waals surface area contributed by atoms with Gasteiger partial charge in [0.15, 0.2) is 11.2 Å². The minimum atomic E-state index is -0.419. The Hall–Kier alpha value is -3.75. The maximum Gasteiger partial charge on any atom is 0.332 e. The number of hydrogen-bond acceptors (Lipinski definition) is 5. The van der Waals surface area contributed by atoms with Crippen molar-refractivity contribution in [2.75, 3.05) is 5.32 Å². The van der Waals surface area contributed by atoms with E-state index in [2.05, 4.69) is 15.3 Å². The second-order valence-corrected chi connectivity index (χ2v) is 7.30. The summed E-state index contributed by atoms with van der Waals surface area (Å²) < 4.78 is 4.09. The van der Waals surface area contributed by atoms with Crippen LogP contribution < -0.4 is 16.6 Å². The van der Waals surface area contributed by atoms with E-state index in [-0.39, 0.29) is 12.3 Å². The Morgan fingerprint density at radius 2 is 1.90 bits per heavy atom. The smallest absolute Gasteiger partial charge is 0.325 e. The summed E-state index contributed by atoms with van der Waals surface area (Å²) >= 11 is 0. The third-order valence-electron chi connectivity index (χ3n) is 5.27. The Balaban J connectivity index is 1.48. The molecular formula is C21H22N6O3. The number of anilines is 1. The van der Waals surface area contributed by atoms with Crippen molar-refractivity contribution >= 4 is 33.7 Å². The Kier molecular flexibility index (Phi) is 4.94. The highest BCUT2D eigenvalue weighted by Gasteiger charge is 2.14. The highest BCUT2D eigenvalue weighted by Crippen LogP contribution is 2.24. The molecule has 9 heteroatoms. The number of hydrogen-bond donors (Lipinski definition) is 1. The van der Waals surface area contributed by atoms with Crippen LogP contribution in [0.1, 0.15) is 18.4 Å². The lowest BCUT2D eigenvalue weighted by Gasteiger charge is -2.10. The van der Waals surface area contributed by atoms with Gasteiger partial charge in [0.25, 0.3) is 5.56 Å². The number of carbonyl (C=O) groups excluding carboxylic acids is 1. The standard InChI is InChI=1S/C21H22N6O3/c1-13-8-9-15(14-6-4-10-22-17(13)14)24-16(28)7-5-11-27-12-23-19-18(27)20(29)26(3)21(30)25(19)2/h4,6,8-10,12H,5,7,11H2,1-3H3,(H,24,28). The van der Waals surface area contributed by atoms with E-state index in [1.165, 1.54) is 17.9 Å². The maximum atomic E-state index is 12.5. The number of nitrogens with zero attached hydrogens (tertiary/aromatic N) is 5. The quantitative estimate of drug-likeness (QED) is 0.543. The molecule has 0 radical (unpaired) electrons. The predicted molar refractivity (Wildman–Crippen MR) is 115 cm³/mol. The van der Waals surface area contributed by atoms with Crippen LogP contribution in [0.2, 0.25) is 0 Å². The lowest BCUT2D eigenvalue weighted by Crippen LogP contribution is -2.37. The summed E-state index contributed by atoms with van der Waals surface area (Å²) in [6, 6.07) is 7.59. The third kappa shape index (κ3) is 3.28. The zero-order valence-electron chi connectivity index (χ0n) is 17.0. The van der Waals surface area contributed by atoms with Gasteiger partial charge in [-0.05, 0) is 37.1 Å². The van der Waals surface area contributed by atoms with Crippen LogP contribution in [0.25, 0.3) is 22.1 Å². The topological polar surface area (TPSA) is 104 Å². The van der Waals surface area contributed by atoms with E-state index in [0.29, 0.717) is 24.1 Å². The van der Waals surface area contributed by atoms with E-state index in [1.54, 1.807) is 17.8 Å². The SMILES string of the molecule is Cc1ccc(NC(=O)CCCn2cnc3c2c(=O)n(C)c(=O)n3C)c2cccnc12. The molecule has 0 aliphatic heterocycles. The molecule has 0 bridgehead atoms. The second kappa shape index (κ2) is 7.58. The first kappa shape index (κ1) is 19.6. The van der Waals surface area contributed by atoms with Gasteiger partial charge < -0.3 is 9.88 Å². The van der Waals surface area contributed by atoms with Gasteiger partial charge in [-0.25, -0.2) is 9.78 Å². The lowest BCUT2D eigenvalue weighted by molar-refractivity contribution is -0.116. The molecule has 4 aromatic rings. The number of amides is 1. The average molecular weight is 406 g/mol. The van der Waals surface area contributed by atoms with Crippen LogP contribution in [-0.4, -0.2) is 29.6 Å². The molecule has 0 aliphatic rings. The molecule has 1 N–H and O–H groups in total. The van der Waals surface area contributed by atoms with Crippen LogP contribution in [0, 0.1) is 6.92 Å². The minimum absolute atomic E-state index is 0.117. The van der Waals surface area contributed by atoms with Crippen molar-refractivity contribution in [3.8, 4) is 0 Å². The third-order valence-corrected chi connectivity index (χ3v) is 5.27. The highest BCUT2D eigenvalue weighted by molar-refractivity contribution is 6.01. The number of fused-ring (bicyclic) bond motifs is 2. The van der Waals surface area contributed by atoms with E-state index < -0.39 is 11.2 Å². The van der Waals surface area contributed by atoms with Crippen LogP contribution in [0.3, 0.4) is 0 Å². The molecule has 0 spiro atoms. The molecule has 0 saturated heterocycles. The first-order valence-electron chi connectivity index (χ1n) is 9.63. The van der Waals surface area contributed by atoms with Crippen molar-refractivity contribution < 1.29 is 4.79 Å². The average Bonchev–Trinajstić information content (AvgIpc) is 3.17. The molecule has 3 aromatic heterocycles. The molecule has 3 heterocycles. The minimum Gasteiger partial charge on any atom is -0.325 e. The van der Waals surface area contributed by atoms with Gasteiger partial charge in [-0.1, -0.05) is 6.07 Å². The van der Waals surface area contributed by atoms with Crippen LogP contribution in [0.5, 0.6) is 0 Å². The first-order valence-corrected chi connectivity index (χ1v) is 9.63. The van der Waals surface area contributed by atoms with Crippen molar-refractivity contribution in [1.29, 1.82) is 0 Å². The summed E-state index contributed by atoms with van der Waals surface area (Å²) in [4.78, 5) is 45.6. The normalized spacial score (nSPS) is 11.3. The van der Waals surface area contributed by atoms with Gasteiger partial charge in [-0.15, -0.1) is 0 Å². The number of nitrogens with one attached hydrogen (secondary N) is 1. The summed E-state index contributed by atoms with van der Waals surface area (Å²) in [5, 5.41) is 3.85.